The highest BCUT2D eigenvalue weighted by molar-refractivity contribution is 5.77. The molecule has 0 aliphatic carbocycles. The molecule has 8 N–H and O–H groups in total. The van der Waals surface area contributed by atoms with Gasteiger partial charge in [-0.15, -0.1) is 10.3 Å². The van der Waals surface area contributed by atoms with E-state index in [4.69, 9.17) is 27.6 Å². The van der Waals surface area contributed by atoms with Crippen LogP contribution in [0.1, 0.15) is 12.8 Å². The molecule has 17 heavy (non-hydrogen) atoms. The van der Waals surface area contributed by atoms with Gasteiger partial charge in [-0.2, -0.15) is 5.12 Å². The lowest BCUT2D eigenvalue weighted by atomic mass is 10.3. The number of rotatable bonds is 3. The fourth-order valence-corrected chi connectivity index (χ4v) is 0.645. The summed E-state index contributed by atoms with van der Waals surface area (Å²) < 4.78 is 0. The quantitative estimate of drug-likeness (QED) is 0.352. The highest BCUT2D eigenvalue weighted by Crippen LogP contribution is 1.93. The molecular weight excluding hydrogens is 232 g/mol. The Balaban J connectivity index is 0.000000304. The molecule has 96 valence electrons. The number of nitrogens with zero attached hydrogens (tertiary/aromatic N) is 3. The van der Waals surface area contributed by atoms with Gasteiger partial charge in [0, 0.05) is 0 Å². The lowest BCUT2D eigenvalue weighted by molar-refractivity contribution is -0.143. The van der Waals surface area contributed by atoms with Crippen LogP contribution in [-0.4, -0.2) is 38.7 Å². The second kappa shape index (κ2) is 7.03. The van der Waals surface area contributed by atoms with Gasteiger partial charge in [-0.1, -0.05) is 0 Å². The van der Waals surface area contributed by atoms with Crippen molar-refractivity contribution in [3.05, 3.63) is 11.9 Å². The molecule has 0 amide bonds. The van der Waals surface area contributed by atoms with Crippen molar-refractivity contribution in [2.75, 3.05) is 0 Å². The van der Waals surface area contributed by atoms with E-state index in [1.54, 1.807) is 0 Å². The predicted octanol–water partition coefficient (Wildman–Crippen LogP) is -2.01. The second-order valence-electron chi connectivity index (χ2n) is 2.86. The molecule has 1 aliphatic rings. The zero-order valence-electron chi connectivity index (χ0n) is 8.85. The van der Waals surface area contributed by atoms with Crippen LogP contribution in [0.5, 0.6) is 0 Å². The topological polar surface area (TPSA) is 171 Å². The Morgan fingerprint density at radius 3 is 2.00 bits per heavy atom. The number of hydrazone groups is 1. The highest BCUT2D eigenvalue weighted by Gasteiger charge is 2.03. The van der Waals surface area contributed by atoms with Crippen LogP contribution in [0.4, 0.5) is 0 Å². The van der Waals surface area contributed by atoms with Gasteiger partial charge in [0.2, 0.25) is 0 Å². The minimum atomic E-state index is -1.08. The van der Waals surface area contributed by atoms with Gasteiger partial charge < -0.3 is 15.9 Å². The minimum absolute atomic E-state index is 0.296. The third kappa shape index (κ3) is 7.58. The summed E-state index contributed by atoms with van der Waals surface area (Å²) in [5.74, 6) is 8.26. The molecule has 10 heteroatoms. The number of allylic oxidation sites excluding steroid dienone is 1. The lowest BCUT2D eigenvalue weighted by Crippen LogP contribution is -2.47. The summed E-state index contributed by atoms with van der Waals surface area (Å²) in [5.41, 5.74) is 5.77. The summed E-state index contributed by atoms with van der Waals surface area (Å²) >= 11 is 0. The molecule has 0 aromatic carbocycles. The van der Waals surface area contributed by atoms with Crippen molar-refractivity contribution < 1.29 is 19.8 Å². The van der Waals surface area contributed by atoms with Gasteiger partial charge >= 0.3 is 11.9 Å². The van der Waals surface area contributed by atoms with Crippen LogP contribution < -0.4 is 17.4 Å². The van der Waals surface area contributed by atoms with Crippen molar-refractivity contribution >= 4 is 18.2 Å². The molecular formula is C7H14N6O4. The van der Waals surface area contributed by atoms with Gasteiger partial charge in [-0.05, 0) is 0 Å². The van der Waals surface area contributed by atoms with Gasteiger partial charge in [0.05, 0.1) is 31.0 Å². The average Bonchev–Trinajstić information content (AvgIpc) is 2.22. The molecule has 1 aliphatic heterocycles. The van der Waals surface area contributed by atoms with E-state index in [9.17, 15) is 9.59 Å². The number of hydrogen-bond donors (Lipinski definition) is 5. The smallest absolute Gasteiger partial charge is 0.303 e. The van der Waals surface area contributed by atoms with Crippen molar-refractivity contribution in [3.8, 4) is 0 Å². The SMILES string of the molecule is NC1=CN(N)N(N)N=C1.O=C(O)CCC(=O)O. The molecule has 0 saturated heterocycles. The molecule has 0 radical (unpaired) electrons. The maximum atomic E-state index is 9.64. The Bertz CT molecular complexity index is 327. The van der Waals surface area contributed by atoms with Crippen LogP contribution in [-0.2, 0) is 9.59 Å². The first kappa shape index (κ1) is 14.7. The molecule has 1 rings (SSSR count). The first-order valence-electron chi connectivity index (χ1n) is 4.36. The molecule has 0 saturated carbocycles. The Labute approximate surface area is 96.5 Å². The zero-order valence-corrected chi connectivity index (χ0v) is 8.85. The Morgan fingerprint density at radius 2 is 1.71 bits per heavy atom. The number of nitrogens with two attached hydrogens (primary N) is 3. The molecule has 0 aromatic heterocycles. The molecule has 10 nitrogen and oxygen atoms in total. The molecule has 0 fully saturated rings. The van der Waals surface area contributed by atoms with Crippen LogP contribution in [0.2, 0.25) is 0 Å². The van der Waals surface area contributed by atoms with Crippen molar-refractivity contribution in [1.82, 2.24) is 10.3 Å². The Morgan fingerprint density at radius 1 is 1.24 bits per heavy atom. The van der Waals surface area contributed by atoms with E-state index in [1.807, 2.05) is 0 Å². The summed E-state index contributed by atoms with van der Waals surface area (Å²) in [6.45, 7) is 0. The Kier molecular flexibility index (Phi) is 6.06. The first-order chi connectivity index (χ1) is 7.82. The number of hydrazine groups is 3. The van der Waals surface area contributed by atoms with Crippen LogP contribution in [0.15, 0.2) is 17.0 Å². The van der Waals surface area contributed by atoms with Crippen LogP contribution >= 0.6 is 0 Å². The van der Waals surface area contributed by atoms with E-state index in [2.05, 4.69) is 5.10 Å². The average molecular weight is 246 g/mol. The standard InChI is InChI=1S/C4H6O4.C3H8N6/c5-3(6)1-2-4(7)8;4-3-1-7-9(6)8(5)2-3/h1-2H2,(H,5,6)(H,7,8);1-2H,4-6H2. The van der Waals surface area contributed by atoms with Gasteiger partial charge in [-0.25, -0.2) is 11.7 Å². The molecule has 0 bridgehead atoms. The van der Waals surface area contributed by atoms with E-state index in [0.717, 1.165) is 10.3 Å². The van der Waals surface area contributed by atoms with E-state index < -0.39 is 11.9 Å². The Hall–Kier alpha value is -2.33. The molecule has 0 aromatic rings. The van der Waals surface area contributed by atoms with Gasteiger partial charge in [0.25, 0.3) is 0 Å². The van der Waals surface area contributed by atoms with E-state index in [0.29, 0.717) is 5.70 Å². The van der Waals surface area contributed by atoms with Crippen LogP contribution in [0.3, 0.4) is 0 Å². The van der Waals surface area contributed by atoms with E-state index in [1.165, 1.54) is 12.4 Å². The lowest BCUT2D eigenvalue weighted by Gasteiger charge is -2.24. The number of carbonyl (C=O) groups is 2. The number of hydrogen-bond acceptors (Lipinski definition) is 8. The molecule has 0 spiro atoms. The van der Waals surface area contributed by atoms with Crippen molar-refractivity contribution in [1.29, 1.82) is 0 Å². The van der Waals surface area contributed by atoms with Crippen molar-refractivity contribution in [3.63, 3.8) is 0 Å². The fraction of sp³-hybridized carbons (Fsp3) is 0.286. The van der Waals surface area contributed by atoms with Crippen LogP contribution in [0, 0.1) is 0 Å². The molecule has 1 heterocycles. The summed E-state index contributed by atoms with van der Waals surface area (Å²) in [6, 6.07) is 0. The maximum Gasteiger partial charge on any atom is 0.303 e. The van der Waals surface area contributed by atoms with E-state index >= 15 is 0 Å². The fourth-order valence-electron chi connectivity index (χ4n) is 0.645. The normalized spacial score (nSPS) is 13.6. The van der Waals surface area contributed by atoms with E-state index in [-0.39, 0.29) is 12.8 Å². The van der Waals surface area contributed by atoms with Crippen LogP contribution in [0.25, 0.3) is 0 Å². The summed E-state index contributed by atoms with van der Waals surface area (Å²) in [5, 5.41) is 21.4. The minimum Gasteiger partial charge on any atom is -0.481 e. The summed E-state index contributed by atoms with van der Waals surface area (Å²) in [7, 11) is 0. The zero-order chi connectivity index (χ0) is 13.4. The number of carboxylic acid groups (broad SMARTS) is 2. The van der Waals surface area contributed by atoms with Gasteiger partial charge in [-0.3, -0.25) is 9.59 Å². The third-order valence-electron chi connectivity index (χ3n) is 1.40. The third-order valence-corrected chi connectivity index (χ3v) is 1.40. The largest absolute Gasteiger partial charge is 0.481 e. The summed E-state index contributed by atoms with van der Waals surface area (Å²) in [6.07, 6.45) is 2.26. The molecule has 0 atom stereocenters. The molecule has 0 unspecified atom stereocenters. The maximum absolute atomic E-state index is 9.64. The number of carboxylic acids is 2. The van der Waals surface area contributed by atoms with Gasteiger partial charge in [0.1, 0.15) is 0 Å². The van der Waals surface area contributed by atoms with Crippen molar-refractivity contribution in [2.24, 2.45) is 22.5 Å². The second-order valence-corrected chi connectivity index (χ2v) is 2.86. The number of aliphatic carboxylic acids is 2. The van der Waals surface area contributed by atoms with Gasteiger partial charge in [0.15, 0.2) is 0 Å². The first-order valence-corrected chi connectivity index (χ1v) is 4.36. The van der Waals surface area contributed by atoms with Crippen molar-refractivity contribution in [2.45, 2.75) is 12.8 Å². The summed E-state index contributed by atoms with van der Waals surface area (Å²) in [4.78, 5) is 19.3. The highest BCUT2D eigenvalue weighted by atomic mass is 16.4. The predicted molar refractivity (Wildman–Crippen MR) is 57.3 cm³/mol. The monoisotopic (exact) mass is 246 g/mol.